The SMILES string of the molecule is NS(=O)(=O)c1ccccc1Sc1ccnc(C(=O)O)c1. The van der Waals surface area contributed by atoms with Gasteiger partial charge in [0.05, 0.1) is 4.90 Å². The van der Waals surface area contributed by atoms with Crippen molar-refractivity contribution in [3.05, 3.63) is 48.3 Å². The van der Waals surface area contributed by atoms with Crippen LogP contribution in [0.1, 0.15) is 10.5 Å². The Labute approximate surface area is 119 Å². The van der Waals surface area contributed by atoms with Gasteiger partial charge in [-0.3, -0.25) is 0 Å². The molecule has 20 heavy (non-hydrogen) atoms. The fraction of sp³-hybridized carbons (Fsp3) is 0. The Bertz CT molecular complexity index is 760. The Morgan fingerprint density at radius 1 is 1.25 bits per heavy atom. The van der Waals surface area contributed by atoms with Gasteiger partial charge >= 0.3 is 5.97 Å². The van der Waals surface area contributed by atoms with Gasteiger partial charge in [-0.25, -0.2) is 23.3 Å². The maximum absolute atomic E-state index is 11.5. The van der Waals surface area contributed by atoms with Crippen LogP contribution in [0.25, 0.3) is 0 Å². The minimum absolute atomic E-state index is 0.00122. The average molecular weight is 310 g/mol. The van der Waals surface area contributed by atoms with Crippen LogP contribution in [0.4, 0.5) is 0 Å². The highest BCUT2D eigenvalue weighted by molar-refractivity contribution is 8.00. The lowest BCUT2D eigenvalue weighted by Gasteiger charge is -2.07. The number of sulfonamides is 1. The molecule has 2 rings (SSSR count). The number of carboxylic acids is 1. The first kappa shape index (κ1) is 14.5. The van der Waals surface area contributed by atoms with E-state index in [1.54, 1.807) is 24.3 Å². The van der Waals surface area contributed by atoms with Gasteiger partial charge in [0.25, 0.3) is 0 Å². The van der Waals surface area contributed by atoms with Crippen LogP contribution in [-0.4, -0.2) is 24.5 Å². The zero-order chi connectivity index (χ0) is 14.8. The number of carboxylic acid groups (broad SMARTS) is 1. The van der Waals surface area contributed by atoms with Crippen LogP contribution in [-0.2, 0) is 10.0 Å². The van der Waals surface area contributed by atoms with E-state index in [0.717, 1.165) is 11.8 Å². The van der Waals surface area contributed by atoms with Crippen LogP contribution >= 0.6 is 11.8 Å². The highest BCUT2D eigenvalue weighted by Gasteiger charge is 2.14. The first-order chi connectivity index (χ1) is 9.38. The van der Waals surface area contributed by atoms with Crippen LogP contribution in [0.5, 0.6) is 0 Å². The lowest BCUT2D eigenvalue weighted by molar-refractivity contribution is 0.0690. The molecule has 0 amide bonds. The van der Waals surface area contributed by atoms with E-state index in [4.69, 9.17) is 10.2 Å². The number of pyridine rings is 1. The zero-order valence-corrected chi connectivity index (χ0v) is 11.7. The van der Waals surface area contributed by atoms with Gasteiger partial charge in [0.2, 0.25) is 10.0 Å². The molecule has 1 aromatic heterocycles. The third-order valence-corrected chi connectivity index (χ3v) is 4.50. The number of hydrogen-bond donors (Lipinski definition) is 2. The van der Waals surface area contributed by atoms with Gasteiger partial charge in [-0.1, -0.05) is 23.9 Å². The Balaban J connectivity index is 2.41. The molecular formula is C12H10N2O4S2. The van der Waals surface area contributed by atoms with E-state index in [9.17, 15) is 13.2 Å². The largest absolute Gasteiger partial charge is 0.477 e. The predicted molar refractivity (Wildman–Crippen MR) is 73.1 cm³/mol. The summed E-state index contributed by atoms with van der Waals surface area (Å²) < 4.78 is 23.0. The Hall–Kier alpha value is -1.90. The second kappa shape index (κ2) is 5.61. The molecule has 104 valence electrons. The summed E-state index contributed by atoms with van der Waals surface area (Å²) >= 11 is 1.11. The number of aromatic carboxylic acids is 1. The molecule has 0 aliphatic carbocycles. The number of primary sulfonamides is 1. The summed E-state index contributed by atoms with van der Waals surface area (Å²) in [6.07, 6.45) is 1.35. The van der Waals surface area contributed by atoms with E-state index >= 15 is 0 Å². The summed E-state index contributed by atoms with van der Waals surface area (Å²) in [7, 11) is -3.83. The minimum Gasteiger partial charge on any atom is -0.477 e. The fourth-order valence-electron chi connectivity index (χ4n) is 1.49. The lowest BCUT2D eigenvalue weighted by atomic mass is 10.3. The molecule has 0 aliphatic heterocycles. The summed E-state index contributed by atoms with van der Waals surface area (Å²) in [4.78, 5) is 15.5. The summed E-state index contributed by atoms with van der Waals surface area (Å²) in [6.45, 7) is 0. The molecule has 0 saturated carbocycles. The van der Waals surface area contributed by atoms with E-state index in [1.165, 1.54) is 18.3 Å². The first-order valence-electron chi connectivity index (χ1n) is 5.37. The van der Waals surface area contributed by atoms with Crippen molar-refractivity contribution in [2.24, 2.45) is 5.14 Å². The summed E-state index contributed by atoms with van der Waals surface area (Å²) in [5.41, 5.74) is -0.108. The molecular weight excluding hydrogens is 300 g/mol. The molecule has 1 aromatic carbocycles. The van der Waals surface area contributed by atoms with Gasteiger partial charge in [0, 0.05) is 16.0 Å². The fourth-order valence-corrected chi connectivity index (χ4v) is 3.45. The number of rotatable bonds is 4. The lowest BCUT2D eigenvalue weighted by Crippen LogP contribution is -2.13. The number of benzene rings is 1. The van der Waals surface area contributed by atoms with Gasteiger partial charge in [-0.2, -0.15) is 0 Å². The normalized spacial score (nSPS) is 11.2. The van der Waals surface area contributed by atoms with Gasteiger partial charge in [-0.15, -0.1) is 0 Å². The van der Waals surface area contributed by atoms with E-state index in [1.807, 2.05) is 0 Å². The minimum atomic E-state index is -3.83. The van der Waals surface area contributed by atoms with Crippen molar-refractivity contribution in [2.45, 2.75) is 14.7 Å². The number of hydrogen-bond acceptors (Lipinski definition) is 5. The van der Waals surface area contributed by atoms with Crippen molar-refractivity contribution in [3.63, 3.8) is 0 Å². The highest BCUT2D eigenvalue weighted by atomic mass is 32.2. The molecule has 0 fully saturated rings. The monoisotopic (exact) mass is 310 g/mol. The number of carbonyl (C=O) groups is 1. The Kier molecular flexibility index (Phi) is 4.07. The van der Waals surface area contributed by atoms with Crippen molar-refractivity contribution >= 4 is 27.8 Å². The molecule has 3 N–H and O–H groups in total. The van der Waals surface area contributed by atoms with Gasteiger partial charge in [-0.05, 0) is 24.3 Å². The van der Waals surface area contributed by atoms with Crippen molar-refractivity contribution in [1.29, 1.82) is 0 Å². The predicted octanol–water partition coefficient (Wildman–Crippen LogP) is 1.58. The maximum atomic E-state index is 11.5. The molecule has 8 heteroatoms. The van der Waals surface area contributed by atoms with Crippen LogP contribution in [0.2, 0.25) is 0 Å². The van der Waals surface area contributed by atoms with Gasteiger partial charge in [0.15, 0.2) is 0 Å². The molecule has 1 heterocycles. The number of aromatic nitrogens is 1. The number of nitrogens with zero attached hydrogens (tertiary/aromatic N) is 1. The van der Waals surface area contributed by atoms with Crippen LogP contribution in [0.3, 0.4) is 0 Å². The standard InChI is InChI=1S/C12H10N2O4S2/c13-20(17,18)11-4-2-1-3-10(11)19-8-5-6-14-9(7-8)12(15)16/h1-7H,(H,15,16)(H2,13,17,18). The highest BCUT2D eigenvalue weighted by Crippen LogP contribution is 2.32. The van der Waals surface area contributed by atoms with E-state index in [0.29, 0.717) is 9.79 Å². The third-order valence-electron chi connectivity index (χ3n) is 2.33. The maximum Gasteiger partial charge on any atom is 0.354 e. The quantitative estimate of drug-likeness (QED) is 0.887. The second-order valence-electron chi connectivity index (χ2n) is 3.78. The molecule has 0 unspecified atom stereocenters. The average Bonchev–Trinajstić information content (AvgIpc) is 2.38. The van der Waals surface area contributed by atoms with E-state index in [2.05, 4.69) is 4.98 Å². The molecule has 0 aliphatic rings. The number of nitrogens with two attached hydrogens (primary N) is 1. The molecule has 0 bridgehead atoms. The van der Waals surface area contributed by atoms with Crippen LogP contribution in [0.15, 0.2) is 57.3 Å². The summed E-state index contributed by atoms with van der Waals surface area (Å²) in [5, 5.41) is 14.0. The van der Waals surface area contributed by atoms with Crippen molar-refractivity contribution in [1.82, 2.24) is 4.98 Å². The van der Waals surface area contributed by atoms with Gasteiger partial charge < -0.3 is 5.11 Å². The molecule has 0 radical (unpaired) electrons. The Morgan fingerprint density at radius 2 is 1.95 bits per heavy atom. The zero-order valence-electron chi connectivity index (χ0n) is 10.1. The molecule has 6 nitrogen and oxygen atoms in total. The Morgan fingerprint density at radius 3 is 2.60 bits per heavy atom. The van der Waals surface area contributed by atoms with Crippen molar-refractivity contribution in [2.75, 3.05) is 0 Å². The molecule has 0 spiro atoms. The topological polar surface area (TPSA) is 110 Å². The van der Waals surface area contributed by atoms with E-state index in [-0.39, 0.29) is 10.6 Å². The first-order valence-corrected chi connectivity index (χ1v) is 7.73. The molecule has 0 atom stereocenters. The molecule has 2 aromatic rings. The van der Waals surface area contributed by atoms with Crippen molar-refractivity contribution < 1.29 is 18.3 Å². The smallest absolute Gasteiger partial charge is 0.354 e. The van der Waals surface area contributed by atoms with E-state index < -0.39 is 16.0 Å². The second-order valence-corrected chi connectivity index (χ2v) is 6.42. The van der Waals surface area contributed by atoms with Gasteiger partial charge in [0.1, 0.15) is 5.69 Å². The summed E-state index contributed by atoms with van der Waals surface area (Å²) in [6, 6.07) is 9.21. The third kappa shape index (κ3) is 3.35. The summed E-state index contributed by atoms with van der Waals surface area (Å²) in [5.74, 6) is -1.15. The van der Waals surface area contributed by atoms with Crippen LogP contribution in [0, 0.1) is 0 Å². The molecule has 0 saturated heterocycles. The van der Waals surface area contributed by atoms with Crippen LogP contribution < -0.4 is 5.14 Å². The van der Waals surface area contributed by atoms with Crippen molar-refractivity contribution in [3.8, 4) is 0 Å².